The average molecular weight is 362 g/mol. The Morgan fingerprint density at radius 3 is 2.40 bits per heavy atom. The van der Waals surface area contributed by atoms with Gasteiger partial charge in [-0.2, -0.15) is 18.3 Å². The van der Waals surface area contributed by atoms with Gasteiger partial charge in [-0.25, -0.2) is 4.98 Å². The number of anilines is 2. The van der Waals surface area contributed by atoms with E-state index >= 15 is 0 Å². The first-order valence-electron chi connectivity index (χ1n) is 7.21. The van der Waals surface area contributed by atoms with Crippen LogP contribution in [0.5, 0.6) is 0 Å². The minimum absolute atomic E-state index is 0.107. The first kappa shape index (κ1) is 17.0. The monoisotopic (exact) mass is 362 g/mol. The van der Waals surface area contributed by atoms with E-state index in [-0.39, 0.29) is 5.56 Å². The molecule has 0 radical (unpaired) electrons. The zero-order valence-corrected chi connectivity index (χ0v) is 13.6. The molecule has 2 aromatic carbocycles. The number of halogens is 3. The van der Waals surface area contributed by atoms with Crippen molar-refractivity contribution in [1.29, 1.82) is 0 Å². The van der Waals surface area contributed by atoms with Crippen LogP contribution in [0, 0.1) is 0 Å². The number of hydrogen-bond donors (Lipinski definition) is 2. The van der Waals surface area contributed by atoms with E-state index in [9.17, 15) is 13.2 Å². The van der Waals surface area contributed by atoms with Crippen LogP contribution in [0.4, 0.5) is 24.1 Å². The number of nitrogens with two attached hydrogens (primary N) is 1. The number of benzene rings is 2. The van der Waals surface area contributed by atoms with Gasteiger partial charge in [-0.1, -0.05) is 42.5 Å². The molecule has 8 heteroatoms. The molecule has 0 aliphatic rings. The first-order valence-corrected chi connectivity index (χ1v) is 8.09. The number of nitrogens with one attached hydrogen (secondary N) is 1. The van der Waals surface area contributed by atoms with Gasteiger partial charge in [-0.3, -0.25) is 5.43 Å². The van der Waals surface area contributed by atoms with Crippen LogP contribution in [-0.2, 0) is 6.18 Å². The smallest absolute Gasteiger partial charge is 0.383 e. The zero-order chi connectivity index (χ0) is 17.9. The van der Waals surface area contributed by atoms with Gasteiger partial charge in [-0.15, -0.1) is 11.3 Å². The van der Waals surface area contributed by atoms with Gasteiger partial charge in [0.25, 0.3) is 0 Å². The maximum Gasteiger partial charge on any atom is 0.417 e. The molecule has 0 saturated carbocycles. The van der Waals surface area contributed by atoms with Crippen molar-refractivity contribution < 1.29 is 13.2 Å². The number of rotatable bonds is 4. The minimum atomic E-state index is -4.43. The second-order valence-corrected chi connectivity index (χ2v) is 5.94. The third kappa shape index (κ3) is 3.97. The fourth-order valence-corrected chi connectivity index (χ4v) is 2.86. The quantitative estimate of drug-likeness (QED) is 0.515. The van der Waals surface area contributed by atoms with Gasteiger partial charge >= 0.3 is 6.18 Å². The molecule has 25 heavy (non-hydrogen) atoms. The molecule has 3 aromatic rings. The molecule has 0 amide bonds. The van der Waals surface area contributed by atoms with Crippen LogP contribution in [-0.4, -0.2) is 11.2 Å². The topological polar surface area (TPSA) is 63.3 Å². The molecule has 0 aliphatic heterocycles. The summed E-state index contributed by atoms with van der Waals surface area (Å²) in [4.78, 5) is 3.99. The van der Waals surface area contributed by atoms with Crippen LogP contribution in [0.25, 0.3) is 11.1 Å². The van der Waals surface area contributed by atoms with E-state index in [1.807, 2.05) is 0 Å². The van der Waals surface area contributed by atoms with Crippen molar-refractivity contribution in [2.24, 2.45) is 5.10 Å². The lowest BCUT2D eigenvalue weighted by Gasteiger charge is -2.14. The maximum atomic E-state index is 13.3. The number of nitrogens with zero attached hydrogens (tertiary/aromatic N) is 2. The lowest BCUT2D eigenvalue weighted by atomic mass is 9.95. The van der Waals surface area contributed by atoms with Crippen molar-refractivity contribution in [1.82, 2.24) is 4.98 Å². The third-order valence-electron chi connectivity index (χ3n) is 3.37. The standard InChI is InChI=1S/C17H13F3N4S/c18-17(19,20)14-8-4-3-7-13(14)12-6-2-1-5-11(12)9-22-24-16-23-15(21)10-25-16/h1-10H,21H2,(H,23,24). The van der Waals surface area contributed by atoms with Crippen molar-refractivity contribution in [3.05, 3.63) is 65.0 Å². The number of hydrogen-bond acceptors (Lipinski definition) is 5. The molecular weight excluding hydrogens is 349 g/mol. The predicted molar refractivity (Wildman–Crippen MR) is 94.6 cm³/mol. The SMILES string of the molecule is Nc1csc(NN=Cc2ccccc2-c2ccccc2C(F)(F)F)n1. The summed E-state index contributed by atoms with van der Waals surface area (Å²) in [5, 5.41) is 6.20. The lowest BCUT2D eigenvalue weighted by Crippen LogP contribution is -2.07. The van der Waals surface area contributed by atoms with Crippen molar-refractivity contribution >= 4 is 28.5 Å². The van der Waals surface area contributed by atoms with Crippen molar-refractivity contribution in [3.8, 4) is 11.1 Å². The Morgan fingerprint density at radius 1 is 1.04 bits per heavy atom. The molecular formula is C17H13F3N4S. The molecule has 3 rings (SSSR count). The highest BCUT2D eigenvalue weighted by Gasteiger charge is 2.33. The van der Waals surface area contributed by atoms with E-state index in [0.29, 0.717) is 22.1 Å². The Kier molecular flexibility index (Phi) is 4.71. The summed E-state index contributed by atoms with van der Waals surface area (Å²) in [5.41, 5.74) is 8.65. The number of thiazole rings is 1. The van der Waals surface area contributed by atoms with E-state index in [1.165, 1.54) is 29.7 Å². The molecule has 1 heterocycles. The summed E-state index contributed by atoms with van der Waals surface area (Å²) in [6, 6.07) is 12.2. The number of hydrazone groups is 1. The van der Waals surface area contributed by atoms with Crippen molar-refractivity contribution in [3.63, 3.8) is 0 Å². The van der Waals surface area contributed by atoms with Gasteiger partial charge in [-0.05, 0) is 17.2 Å². The highest BCUT2D eigenvalue weighted by molar-refractivity contribution is 7.14. The van der Waals surface area contributed by atoms with Crippen LogP contribution in [0.1, 0.15) is 11.1 Å². The van der Waals surface area contributed by atoms with Gasteiger partial charge in [0.1, 0.15) is 5.82 Å². The fourth-order valence-electron chi connectivity index (χ4n) is 2.31. The Balaban J connectivity index is 1.94. The Morgan fingerprint density at radius 2 is 1.72 bits per heavy atom. The second-order valence-electron chi connectivity index (χ2n) is 5.08. The summed E-state index contributed by atoms with van der Waals surface area (Å²) in [7, 11) is 0. The van der Waals surface area contributed by atoms with Crippen molar-refractivity contribution in [2.45, 2.75) is 6.18 Å². The Labute approximate surface area is 145 Å². The van der Waals surface area contributed by atoms with Gasteiger partial charge in [0.15, 0.2) is 0 Å². The summed E-state index contributed by atoms with van der Waals surface area (Å²) in [5.74, 6) is 0.377. The summed E-state index contributed by atoms with van der Waals surface area (Å²) < 4.78 is 39.8. The molecule has 1 aromatic heterocycles. The van der Waals surface area contributed by atoms with Crippen molar-refractivity contribution in [2.75, 3.05) is 11.2 Å². The highest BCUT2D eigenvalue weighted by Crippen LogP contribution is 2.37. The summed E-state index contributed by atoms with van der Waals surface area (Å²) in [6.45, 7) is 0. The molecule has 0 bridgehead atoms. The van der Waals surface area contributed by atoms with Gasteiger partial charge < -0.3 is 5.73 Å². The number of aromatic nitrogens is 1. The highest BCUT2D eigenvalue weighted by atomic mass is 32.1. The fraction of sp³-hybridized carbons (Fsp3) is 0.0588. The predicted octanol–water partition coefficient (Wildman–Crippen LogP) is 4.86. The molecule has 128 valence electrons. The number of alkyl halides is 3. The van der Waals surface area contributed by atoms with Crippen LogP contribution in [0.2, 0.25) is 0 Å². The second kappa shape index (κ2) is 6.94. The van der Waals surface area contributed by atoms with E-state index in [4.69, 9.17) is 5.73 Å². The van der Waals surface area contributed by atoms with E-state index in [2.05, 4.69) is 15.5 Å². The Bertz CT molecular complexity index is 903. The molecule has 0 aliphatic carbocycles. The molecule has 3 N–H and O–H groups in total. The van der Waals surface area contributed by atoms with Crippen LogP contribution < -0.4 is 11.2 Å². The molecule has 0 fully saturated rings. The molecule has 0 saturated heterocycles. The minimum Gasteiger partial charge on any atom is -0.383 e. The zero-order valence-electron chi connectivity index (χ0n) is 12.8. The third-order valence-corrected chi connectivity index (χ3v) is 4.13. The molecule has 0 spiro atoms. The normalized spacial score (nSPS) is 11.8. The van der Waals surface area contributed by atoms with Gasteiger partial charge in [0.2, 0.25) is 5.13 Å². The van der Waals surface area contributed by atoms with Crippen LogP contribution in [0.3, 0.4) is 0 Å². The Hall–Kier alpha value is -2.87. The van der Waals surface area contributed by atoms with Crippen LogP contribution in [0.15, 0.2) is 59.0 Å². The molecule has 4 nitrogen and oxygen atoms in total. The molecule has 0 atom stereocenters. The van der Waals surface area contributed by atoms with E-state index < -0.39 is 11.7 Å². The first-order chi connectivity index (χ1) is 11.9. The van der Waals surface area contributed by atoms with Crippen LogP contribution >= 0.6 is 11.3 Å². The maximum absolute atomic E-state index is 13.3. The van der Waals surface area contributed by atoms with E-state index in [0.717, 1.165) is 6.07 Å². The number of nitrogen functional groups attached to an aromatic ring is 1. The average Bonchev–Trinajstić information content (AvgIpc) is 3.00. The summed E-state index contributed by atoms with van der Waals surface area (Å²) >= 11 is 1.28. The lowest BCUT2D eigenvalue weighted by molar-refractivity contribution is -0.137. The largest absolute Gasteiger partial charge is 0.417 e. The molecule has 0 unspecified atom stereocenters. The van der Waals surface area contributed by atoms with Gasteiger partial charge in [0.05, 0.1) is 11.8 Å². The van der Waals surface area contributed by atoms with Gasteiger partial charge in [0, 0.05) is 10.9 Å². The van der Waals surface area contributed by atoms with E-state index in [1.54, 1.807) is 35.7 Å². The summed E-state index contributed by atoms with van der Waals surface area (Å²) in [6.07, 6.45) is -2.97.